The Hall–Kier alpha value is 0.0662. The normalized spacial score (nSPS) is 10.7. The Kier molecular flexibility index (Phi) is 4.37. The Labute approximate surface area is 91.8 Å². The summed E-state index contributed by atoms with van der Waals surface area (Å²) >= 11 is 5.35. The van der Waals surface area contributed by atoms with Crippen molar-refractivity contribution in [1.82, 2.24) is 0 Å². The van der Waals surface area contributed by atoms with Gasteiger partial charge >= 0.3 is 29.2 Å². The number of hydrogen-bond acceptors (Lipinski definition) is 0. The number of halogens is 4. The van der Waals surface area contributed by atoms with Crippen molar-refractivity contribution in [3.05, 3.63) is 34.9 Å². The van der Waals surface area contributed by atoms with Crippen molar-refractivity contribution in [2.75, 3.05) is 0 Å². The van der Waals surface area contributed by atoms with E-state index in [9.17, 15) is 13.2 Å². The van der Waals surface area contributed by atoms with Gasteiger partial charge in [-0.25, -0.2) is 0 Å². The first-order chi connectivity index (χ1) is 5.00. The van der Waals surface area contributed by atoms with Gasteiger partial charge in [0, 0.05) is 5.02 Å². The molecule has 5 heteroatoms. The Morgan fingerprint density at radius 2 is 1.83 bits per heavy atom. The Morgan fingerprint density at radius 3 is 2.17 bits per heavy atom. The van der Waals surface area contributed by atoms with Gasteiger partial charge in [-0.2, -0.15) is 13.2 Å². The molecular formula is C7H6ClF3Mg. The zero-order valence-corrected chi connectivity index (χ0v) is 8.20. The minimum atomic E-state index is -4.30. The van der Waals surface area contributed by atoms with E-state index >= 15 is 0 Å². The van der Waals surface area contributed by atoms with Gasteiger partial charge in [0.05, 0.1) is 5.56 Å². The van der Waals surface area contributed by atoms with E-state index in [0.29, 0.717) is 0 Å². The largest absolute Gasteiger partial charge is 2.00 e. The maximum atomic E-state index is 11.9. The first-order valence-corrected chi connectivity index (χ1v) is 3.21. The molecule has 0 spiro atoms. The molecule has 1 aromatic rings. The number of rotatable bonds is 0. The van der Waals surface area contributed by atoms with Gasteiger partial charge in [0.1, 0.15) is 0 Å². The van der Waals surface area contributed by atoms with Gasteiger partial charge in [-0.3, -0.25) is 0 Å². The van der Waals surface area contributed by atoms with Crippen LogP contribution in [0.1, 0.15) is 8.42 Å². The van der Waals surface area contributed by atoms with Crippen molar-refractivity contribution in [3.8, 4) is 0 Å². The van der Waals surface area contributed by atoms with Crippen molar-refractivity contribution in [2.45, 2.75) is 6.18 Å². The molecule has 0 radical (unpaired) electrons. The molecule has 64 valence electrons. The van der Waals surface area contributed by atoms with Crippen LogP contribution in [0.15, 0.2) is 24.3 Å². The second kappa shape index (κ2) is 4.34. The van der Waals surface area contributed by atoms with Gasteiger partial charge in [0.25, 0.3) is 0 Å². The third-order valence-corrected chi connectivity index (χ3v) is 1.39. The van der Waals surface area contributed by atoms with Gasteiger partial charge in [-0.1, -0.05) is 17.7 Å². The predicted molar refractivity (Wildman–Crippen MR) is 44.4 cm³/mol. The molecule has 0 amide bonds. The van der Waals surface area contributed by atoms with E-state index in [1.807, 2.05) is 0 Å². The summed E-state index contributed by atoms with van der Waals surface area (Å²) in [5.74, 6) is 0. The standard InChI is InChI=1S/C7H4ClF3.Mg.2H/c8-6-3-1-2-5(4-6)7(9,10)11;;;/h1-4H;;;/q;+2;2*-1. The van der Waals surface area contributed by atoms with Crippen LogP contribution >= 0.6 is 11.6 Å². The number of alkyl halides is 3. The molecule has 0 N–H and O–H groups in total. The molecule has 12 heavy (non-hydrogen) atoms. The van der Waals surface area contributed by atoms with Crippen LogP contribution in [0.5, 0.6) is 0 Å². The van der Waals surface area contributed by atoms with Crippen LogP contribution in [0, 0.1) is 0 Å². The summed E-state index contributed by atoms with van der Waals surface area (Å²) in [5, 5.41) is 0.0971. The molecule has 0 nitrogen and oxygen atoms in total. The van der Waals surface area contributed by atoms with Crippen LogP contribution in [0.3, 0.4) is 0 Å². The number of benzene rings is 1. The van der Waals surface area contributed by atoms with Gasteiger partial charge in [-0.05, 0) is 18.2 Å². The summed E-state index contributed by atoms with van der Waals surface area (Å²) in [6, 6.07) is 4.54. The maximum absolute atomic E-state index is 11.9. The van der Waals surface area contributed by atoms with Gasteiger partial charge in [0.2, 0.25) is 0 Å². The van der Waals surface area contributed by atoms with E-state index in [1.165, 1.54) is 12.1 Å². The van der Waals surface area contributed by atoms with Crippen LogP contribution in [-0.4, -0.2) is 23.1 Å². The van der Waals surface area contributed by atoms with Crippen LogP contribution in [-0.2, 0) is 6.18 Å². The predicted octanol–water partition coefficient (Wildman–Crippen LogP) is 3.20. The fourth-order valence-electron chi connectivity index (χ4n) is 0.665. The van der Waals surface area contributed by atoms with E-state index in [-0.39, 0.29) is 30.9 Å². The molecule has 0 atom stereocenters. The second-order valence-corrected chi connectivity index (χ2v) is 2.44. The molecule has 1 rings (SSSR count). The summed E-state index contributed by atoms with van der Waals surface area (Å²) in [7, 11) is 0. The van der Waals surface area contributed by atoms with E-state index in [0.717, 1.165) is 12.1 Å². The fraction of sp³-hybridized carbons (Fsp3) is 0.143. The van der Waals surface area contributed by atoms with E-state index in [4.69, 9.17) is 11.6 Å². The first-order valence-electron chi connectivity index (χ1n) is 2.83. The zero-order valence-electron chi connectivity index (χ0n) is 8.03. The fourth-order valence-corrected chi connectivity index (χ4v) is 0.855. The smallest absolute Gasteiger partial charge is 1.00 e. The molecular weight excluding hydrogens is 201 g/mol. The summed E-state index contributed by atoms with van der Waals surface area (Å²) in [6.45, 7) is 0. The van der Waals surface area contributed by atoms with Crippen molar-refractivity contribution in [1.29, 1.82) is 0 Å². The average molecular weight is 207 g/mol. The SMILES string of the molecule is FC(F)(F)c1cccc(Cl)c1.[H-].[H-].[Mg+2]. The molecule has 0 aliphatic rings. The Balaban J connectivity index is -0.000000403. The first kappa shape index (κ1) is 12.1. The molecule has 0 fully saturated rings. The van der Waals surface area contributed by atoms with Crippen LogP contribution in [0.2, 0.25) is 5.02 Å². The molecule has 0 aliphatic carbocycles. The van der Waals surface area contributed by atoms with Gasteiger partial charge < -0.3 is 2.85 Å². The quantitative estimate of drug-likeness (QED) is 0.572. The molecule has 0 unspecified atom stereocenters. The molecule has 0 bridgehead atoms. The van der Waals surface area contributed by atoms with Gasteiger partial charge in [-0.15, -0.1) is 0 Å². The molecule has 0 aromatic heterocycles. The van der Waals surface area contributed by atoms with Crippen molar-refractivity contribution in [2.24, 2.45) is 0 Å². The summed E-state index contributed by atoms with van der Waals surface area (Å²) < 4.78 is 35.7. The summed E-state index contributed by atoms with van der Waals surface area (Å²) in [4.78, 5) is 0. The van der Waals surface area contributed by atoms with E-state index < -0.39 is 11.7 Å². The molecule has 0 saturated carbocycles. The monoisotopic (exact) mass is 206 g/mol. The molecule has 0 aliphatic heterocycles. The van der Waals surface area contributed by atoms with E-state index in [1.54, 1.807) is 0 Å². The minimum absolute atomic E-state index is 0. The maximum Gasteiger partial charge on any atom is 2.00 e. The van der Waals surface area contributed by atoms with E-state index in [2.05, 4.69) is 0 Å². The third kappa shape index (κ3) is 3.21. The second-order valence-electron chi connectivity index (χ2n) is 2.01. The van der Waals surface area contributed by atoms with Gasteiger partial charge in [0.15, 0.2) is 0 Å². The molecule has 0 heterocycles. The van der Waals surface area contributed by atoms with Crippen molar-refractivity contribution in [3.63, 3.8) is 0 Å². The number of hydrogen-bond donors (Lipinski definition) is 0. The van der Waals surface area contributed by atoms with Crippen LogP contribution in [0.25, 0.3) is 0 Å². The minimum Gasteiger partial charge on any atom is -1.00 e. The molecule has 0 saturated heterocycles. The Bertz CT molecular complexity index is 267. The third-order valence-electron chi connectivity index (χ3n) is 1.15. The summed E-state index contributed by atoms with van der Waals surface area (Å²) in [6.07, 6.45) is -4.30. The topological polar surface area (TPSA) is 0 Å². The average Bonchev–Trinajstić information content (AvgIpc) is 1.86. The van der Waals surface area contributed by atoms with Crippen molar-refractivity contribution >= 4 is 34.7 Å². The van der Waals surface area contributed by atoms with Crippen LogP contribution < -0.4 is 0 Å². The van der Waals surface area contributed by atoms with Crippen molar-refractivity contribution < 1.29 is 16.0 Å². The summed E-state index contributed by atoms with van der Waals surface area (Å²) in [5.41, 5.74) is -0.718. The van der Waals surface area contributed by atoms with Crippen LogP contribution in [0.4, 0.5) is 13.2 Å². The molecule has 1 aromatic carbocycles. The Morgan fingerprint density at radius 1 is 1.25 bits per heavy atom. The zero-order chi connectivity index (χ0) is 8.48.